The molecule has 1 aliphatic heterocycles. The lowest BCUT2D eigenvalue weighted by atomic mass is 10.1. The van der Waals surface area contributed by atoms with E-state index in [0.717, 1.165) is 25.7 Å². The molecule has 2 aliphatic rings. The molecule has 3 heterocycles. The van der Waals surface area contributed by atoms with Crippen LogP contribution in [0.4, 0.5) is 5.69 Å². The molecule has 0 saturated heterocycles. The number of fused-ring (bicyclic) bond motifs is 1. The smallest absolute Gasteiger partial charge is 0.343 e. The second-order valence-electron chi connectivity index (χ2n) is 8.02. The van der Waals surface area contributed by atoms with Gasteiger partial charge < -0.3 is 23.9 Å². The summed E-state index contributed by atoms with van der Waals surface area (Å²) in [5.74, 6) is -0.232. The molecule has 1 N–H and O–H groups in total. The van der Waals surface area contributed by atoms with Crippen LogP contribution in [0.3, 0.4) is 0 Å². The minimum Gasteiger partial charge on any atom is -0.452 e. The molecule has 1 amide bonds. The summed E-state index contributed by atoms with van der Waals surface area (Å²) in [6, 6.07) is 10.7. The minimum absolute atomic E-state index is 0.000980. The van der Waals surface area contributed by atoms with E-state index in [9.17, 15) is 14.9 Å². The van der Waals surface area contributed by atoms with E-state index in [1.54, 1.807) is 54.2 Å². The van der Waals surface area contributed by atoms with Crippen LogP contribution in [-0.4, -0.2) is 28.8 Å². The van der Waals surface area contributed by atoms with E-state index in [4.69, 9.17) is 18.6 Å². The molecule has 33 heavy (non-hydrogen) atoms. The van der Waals surface area contributed by atoms with Crippen molar-refractivity contribution in [1.82, 2.24) is 4.57 Å². The first-order valence-electron chi connectivity index (χ1n) is 10.6. The van der Waals surface area contributed by atoms with Crippen LogP contribution in [0.2, 0.25) is 0 Å². The highest BCUT2D eigenvalue weighted by Crippen LogP contribution is 2.47. The van der Waals surface area contributed by atoms with E-state index in [1.807, 2.05) is 6.07 Å². The zero-order chi connectivity index (χ0) is 23.0. The van der Waals surface area contributed by atoms with Gasteiger partial charge in [-0.1, -0.05) is 0 Å². The van der Waals surface area contributed by atoms with Gasteiger partial charge in [0.05, 0.1) is 0 Å². The third kappa shape index (κ3) is 3.80. The topological polar surface area (TPSA) is 116 Å². The van der Waals surface area contributed by atoms with E-state index >= 15 is 0 Å². The van der Waals surface area contributed by atoms with Crippen LogP contribution >= 0.6 is 0 Å². The first-order chi connectivity index (χ1) is 16.0. The molecule has 168 valence electrons. The second-order valence-corrected chi connectivity index (χ2v) is 8.02. The Balaban J connectivity index is 1.23. The van der Waals surface area contributed by atoms with Gasteiger partial charge in [-0.15, -0.1) is 0 Å². The molecule has 5 rings (SSSR count). The molecule has 9 heteroatoms. The second kappa shape index (κ2) is 8.06. The number of aryl methyl sites for hydroxylation is 1. The van der Waals surface area contributed by atoms with Crippen LogP contribution in [0, 0.1) is 18.3 Å². The monoisotopic (exact) mass is 447 g/mol. The lowest BCUT2D eigenvalue weighted by Crippen LogP contribution is -2.34. The molecule has 2 aromatic heterocycles. The molecule has 1 aliphatic carbocycles. The van der Waals surface area contributed by atoms with E-state index in [-0.39, 0.29) is 22.8 Å². The van der Waals surface area contributed by atoms with Crippen LogP contribution in [0.25, 0.3) is 5.88 Å². The van der Waals surface area contributed by atoms with Crippen LogP contribution in [0.15, 0.2) is 47.1 Å². The fourth-order valence-electron chi connectivity index (χ4n) is 4.22. The summed E-state index contributed by atoms with van der Waals surface area (Å²) in [7, 11) is 0. The van der Waals surface area contributed by atoms with Crippen molar-refractivity contribution in [3.05, 3.63) is 59.6 Å². The van der Waals surface area contributed by atoms with Crippen molar-refractivity contribution in [2.45, 2.75) is 38.4 Å². The number of furan rings is 1. The molecule has 0 bridgehead atoms. The van der Waals surface area contributed by atoms with Crippen LogP contribution < -0.4 is 14.8 Å². The van der Waals surface area contributed by atoms with Crippen LogP contribution in [0.5, 0.6) is 11.5 Å². The number of hydrogen-bond donors (Lipinski definition) is 1. The molecule has 1 aromatic carbocycles. The normalized spacial score (nSPS) is 15.4. The largest absolute Gasteiger partial charge is 0.452 e. The lowest BCUT2D eigenvalue weighted by Gasteiger charge is -2.21. The minimum atomic E-state index is -0.810. The molecule has 9 nitrogen and oxygen atoms in total. The number of nitrogens with zero attached hydrogens (tertiary/aromatic N) is 2. The number of rotatable bonds is 5. The Morgan fingerprint density at radius 3 is 2.64 bits per heavy atom. The van der Waals surface area contributed by atoms with Gasteiger partial charge in [0.1, 0.15) is 23.0 Å². The van der Waals surface area contributed by atoms with Crippen LogP contribution in [0.1, 0.15) is 47.4 Å². The van der Waals surface area contributed by atoms with Gasteiger partial charge in [-0.05, 0) is 44.0 Å². The van der Waals surface area contributed by atoms with Gasteiger partial charge in [-0.25, -0.2) is 4.79 Å². The highest BCUT2D eigenvalue weighted by molar-refractivity contribution is 5.98. The number of benzene rings is 1. The maximum Gasteiger partial charge on any atom is 0.343 e. The van der Waals surface area contributed by atoms with Crippen molar-refractivity contribution in [1.29, 1.82) is 5.26 Å². The first kappa shape index (κ1) is 20.7. The van der Waals surface area contributed by atoms with Gasteiger partial charge in [-0.3, -0.25) is 9.36 Å². The summed E-state index contributed by atoms with van der Waals surface area (Å²) in [6.07, 6.45) is 7.18. The number of esters is 1. The summed E-state index contributed by atoms with van der Waals surface area (Å²) in [5, 5.41) is 12.2. The SMILES string of the molecule is Cc1oc(-n2cccc2)c(C#N)c1C(=O)OCC(=O)Nc1ccc2c(c1)OC1(CCCC1)O2. The Labute approximate surface area is 189 Å². The van der Waals surface area contributed by atoms with Gasteiger partial charge in [0, 0.05) is 37.0 Å². The Morgan fingerprint density at radius 2 is 1.91 bits per heavy atom. The molecule has 0 unspecified atom stereocenters. The Morgan fingerprint density at radius 1 is 1.18 bits per heavy atom. The molecular weight excluding hydrogens is 426 g/mol. The molecule has 1 spiro atoms. The highest BCUT2D eigenvalue weighted by Gasteiger charge is 2.44. The van der Waals surface area contributed by atoms with Crippen molar-refractivity contribution < 1.29 is 28.2 Å². The third-order valence-corrected chi connectivity index (χ3v) is 5.74. The molecule has 1 saturated carbocycles. The average Bonchev–Trinajstić information content (AvgIpc) is 3.58. The summed E-state index contributed by atoms with van der Waals surface area (Å²) >= 11 is 0. The third-order valence-electron chi connectivity index (χ3n) is 5.74. The maximum atomic E-state index is 12.6. The molecule has 0 atom stereocenters. The quantitative estimate of drug-likeness (QED) is 0.586. The molecule has 3 aromatic rings. The van der Waals surface area contributed by atoms with Crippen LogP contribution in [-0.2, 0) is 9.53 Å². The zero-order valence-electron chi connectivity index (χ0n) is 17.9. The molecule has 1 fully saturated rings. The number of carbonyl (C=O) groups is 2. The summed E-state index contributed by atoms with van der Waals surface area (Å²) in [6.45, 7) is 1.04. The van der Waals surface area contributed by atoms with E-state index < -0.39 is 24.3 Å². The van der Waals surface area contributed by atoms with Gasteiger partial charge >= 0.3 is 5.97 Å². The highest BCUT2D eigenvalue weighted by atomic mass is 16.7. The number of nitrogens with one attached hydrogen (secondary N) is 1. The van der Waals surface area contributed by atoms with Gasteiger partial charge in [0.15, 0.2) is 18.1 Å². The molecule has 0 radical (unpaired) electrons. The van der Waals surface area contributed by atoms with Crippen molar-refractivity contribution in [2.75, 3.05) is 11.9 Å². The Kier molecular flexibility index (Phi) is 5.05. The first-order valence-corrected chi connectivity index (χ1v) is 10.6. The number of anilines is 1. The predicted molar refractivity (Wildman–Crippen MR) is 115 cm³/mol. The standard InChI is InChI=1S/C24H21N3O6/c1-15-21(17(13-25)22(31-15)27-10-4-5-11-27)23(29)30-14-20(28)26-16-6-7-18-19(12-16)33-24(32-18)8-2-3-9-24/h4-7,10-12H,2-3,8-9,14H2,1H3,(H,26,28). The fourth-order valence-corrected chi connectivity index (χ4v) is 4.22. The Bertz CT molecular complexity index is 1260. The number of ether oxygens (including phenoxy) is 3. The zero-order valence-corrected chi connectivity index (χ0v) is 17.9. The van der Waals surface area contributed by atoms with E-state index in [1.165, 1.54) is 0 Å². The van der Waals surface area contributed by atoms with Gasteiger partial charge in [0.25, 0.3) is 11.7 Å². The maximum absolute atomic E-state index is 12.6. The molecular formula is C24H21N3O6. The summed E-state index contributed by atoms with van der Waals surface area (Å²) in [4.78, 5) is 25.0. The van der Waals surface area contributed by atoms with Crippen molar-refractivity contribution in [2.24, 2.45) is 0 Å². The van der Waals surface area contributed by atoms with Crippen molar-refractivity contribution >= 4 is 17.6 Å². The van der Waals surface area contributed by atoms with Gasteiger partial charge in [-0.2, -0.15) is 5.26 Å². The summed E-state index contributed by atoms with van der Waals surface area (Å²) in [5.41, 5.74) is 0.546. The number of aromatic nitrogens is 1. The number of carbonyl (C=O) groups excluding carboxylic acids is 2. The van der Waals surface area contributed by atoms with Gasteiger partial charge in [0.2, 0.25) is 5.88 Å². The number of hydrogen-bond acceptors (Lipinski definition) is 7. The Hall–Kier alpha value is -4.19. The lowest BCUT2D eigenvalue weighted by molar-refractivity contribution is -0.119. The fraction of sp³-hybridized carbons (Fsp3) is 0.292. The number of nitriles is 1. The average molecular weight is 447 g/mol. The van der Waals surface area contributed by atoms with E-state index in [0.29, 0.717) is 17.2 Å². The van der Waals surface area contributed by atoms with Crippen molar-refractivity contribution in [3.63, 3.8) is 0 Å². The predicted octanol–water partition coefficient (Wildman–Crippen LogP) is 4.09. The van der Waals surface area contributed by atoms with E-state index in [2.05, 4.69) is 5.32 Å². The van der Waals surface area contributed by atoms with Crippen molar-refractivity contribution in [3.8, 4) is 23.5 Å². The summed E-state index contributed by atoms with van der Waals surface area (Å²) < 4.78 is 24.3. The number of amides is 1.